The topological polar surface area (TPSA) is 24.5 Å². The molecule has 2 saturated heterocycles. The first kappa shape index (κ1) is 13.3. The Morgan fingerprint density at radius 1 is 1.35 bits per heavy atom. The van der Waals surface area contributed by atoms with Crippen molar-refractivity contribution in [2.45, 2.75) is 64.1 Å². The first-order valence-corrected chi connectivity index (χ1v) is 7.19. The molecule has 0 bridgehead atoms. The van der Waals surface area contributed by atoms with Crippen LogP contribution in [0.2, 0.25) is 0 Å². The van der Waals surface area contributed by atoms with Gasteiger partial charge in [-0.3, -0.25) is 4.90 Å². The van der Waals surface area contributed by atoms with Crippen LogP contribution in [-0.4, -0.2) is 48.8 Å². The van der Waals surface area contributed by atoms with Crippen molar-refractivity contribution in [3.63, 3.8) is 0 Å². The molecule has 2 fully saturated rings. The lowest BCUT2D eigenvalue weighted by atomic mass is 9.89. The number of hydrogen-bond acceptors (Lipinski definition) is 3. The van der Waals surface area contributed by atoms with Gasteiger partial charge in [0.15, 0.2) is 0 Å². The molecule has 2 atom stereocenters. The van der Waals surface area contributed by atoms with E-state index in [0.717, 1.165) is 13.2 Å². The summed E-state index contributed by atoms with van der Waals surface area (Å²) < 4.78 is 5.69. The number of hydrogen-bond donors (Lipinski definition) is 1. The van der Waals surface area contributed by atoms with E-state index in [-0.39, 0.29) is 5.54 Å². The highest BCUT2D eigenvalue weighted by molar-refractivity contribution is 4.93. The van der Waals surface area contributed by atoms with Gasteiger partial charge in [-0.2, -0.15) is 0 Å². The van der Waals surface area contributed by atoms with E-state index in [1.54, 1.807) is 0 Å². The summed E-state index contributed by atoms with van der Waals surface area (Å²) in [6.07, 6.45) is 5.16. The SMILES string of the molecule is CC(C)NC1CCCN(C2(C)CCCOC2)C1. The van der Waals surface area contributed by atoms with Crippen LogP contribution in [0.4, 0.5) is 0 Å². The van der Waals surface area contributed by atoms with E-state index < -0.39 is 0 Å². The molecule has 100 valence electrons. The summed E-state index contributed by atoms with van der Waals surface area (Å²) in [6, 6.07) is 1.26. The molecule has 0 saturated carbocycles. The smallest absolute Gasteiger partial charge is 0.0647 e. The second-order valence-corrected chi connectivity index (χ2v) is 6.26. The third-order valence-electron chi connectivity index (χ3n) is 4.17. The second kappa shape index (κ2) is 5.68. The minimum atomic E-state index is 0.287. The summed E-state index contributed by atoms with van der Waals surface area (Å²) in [4.78, 5) is 2.66. The van der Waals surface area contributed by atoms with Crippen molar-refractivity contribution in [1.29, 1.82) is 0 Å². The fraction of sp³-hybridized carbons (Fsp3) is 1.00. The van der Waals surface area contributed by atoms with Crippen LogP contribution in [0.3, 0.4) is 0 Å². The van der Waals surface area contributed by atoms with Crippen molar-refractivity contribution in [2.24, 2.45) is 0 Å². The van der Waals surface area contributed by atoms with E-state index in [1.807, 2.05) is 0 Å². The summed E-state index contributed by atoms with van der Waals surface area (Å²) in [5.74, 6) is 0. The Kier molecular flexibility index (Phi) is 4.45. The highest BCUT2D eigenvalue weighted by atomic mass is 16.5. The van der Waals surface area contributed by atoms with Crippen molar-refractivity contribution in [1.82, 2.24) is 10.2 Å². The average Bonchev–Trinajstić information content (AvgIpc) is 2.29. The average molecular weight is 240 g/mol. The van der Waals surface area contributed by atoms with E-state index in [0.29, 0.717) is 12.1 Å². The Hall–Kier alpha value is -0.120. The molecule has 0 aromatic carbocycles. The van der Waals surface area contributed by atoms with Crippen LogP contribution in [0.5, 0.6) is 0 Å². The zero-order chi connectivity index (χ0) is 12.3. The van der Waals surface area contributed by atoms with Crippen LogP contribution in [0.1, 0.15) is 46.5 Å². The Morgan fingerprint density at radius 3 is 2.82 bits per heavy atom. The number of rotatable bonds is 3. The zero-order valence-corrected chi connectivity index (χ0v) is 11.7. The van der Waals surface area contributed by atoms with Crippen LogP contribution in [0.25, 0.3) is 0 Å². The van der Waals surface area contributed by atoms with E-state index in [4.69, 9.17) is 4.74 Å². The molecule has 0 radical (unpaired) electrons. The molecule has 2 rings (SSSR count). The summed E-state index contributed by atoms with van der Waals surface area (Å²) in [5.41, 5.74) is 0.287. The predicted octanol–water partition coefficient (Wildman–Crippen LogP) is 2.02. The highest BCUT2D eigenvalue weighted by Crippen LogP contribution is 2.28. The second-order valence-electron chi connectivity index (χ2n) is 6.26. The lowest BCUT2D eigenvalue weighted by molar-refractivity contribution is -0.0514. The Balaban J connectivity index is 1.91. The molecule has 2 aliphatic heterocycles. The largest absolute Gasteiger partial charge is 0.380 e. The number of ether oxygens (including phenoxy) is 1. The minimum absolute atomic E-state index is 0.287. The summed E-state index contributed by atoms with van der Waals surface area (Å²) in [6.45, 7) is 11.2. The number of piperidine rings is 1. The van der Waals surface area contributed by atoms with Gasteiger partial charge in [0.25, 0.3) is 0 Å². The fourth-order valence-electron chi connectivity index (χ4n) is 3.24. The first-order valence-electron chi connectivity index (χ1n) is 7.19. The molecule has 0 amide bonds. The maximum Gasteiger partial charge on any atom is 0.0647 e. The number of nitrogens with zero attached hydrogens (tertiary/aromatic N) is 1. The van der Waals surface area contributed by atoms with Gasteiger partial charge < -0.3 is 10.1 Å². The summed E-state index contributed by atoms with van der Waals surface area (Å²) in [5, 5.41) is 3.69. The molecule has 0 aromatic heterocycles. The summed E-state index contributed by atoms with van der Waals surface area (Å²) in [7, 11) is 0. The molecule has 3 nitrogen and oxygen atoms in total. The molecule has 0 spiro atoms. The van der Waals surface area contributed by atoms with Gasteiger partial charge in [-0.1, -0.05) is 13.8 Å². The van der Waals surface area contributed by atoms with Gasteiger partial charge in [-0.05, 0) is 39.2 Å². The molecule has 1 N–H and O–H groups in total. The van der Waals surface area contributed by atoms with Crippen molar-refractivity contribution < 1.29 is 4.74 Å². The van der Waals surface area contributed by atoms with Crippen molar-refractivity contribution in [3.05, 3.63) is 0 Å². The van der Waals surface area contributed by atoms with Crippen molar-refractivity contribution in [3.8, 4) is 0 Å². The van der Waals surface area contributed by atoms with Crippen molar-refractivity contribution in [2.75, 3.05) is 26.3 Å². The van der Waals surface area contributed by atoms with Crippen molar-refractivity contribution >= 4 is 0 Å². The molecule has 2 heterocycles. The third kappa shape index (κ3) is 3.43. The van der Waals surface area contributed by atoms with Crippen LogP contribution in [0, 0.1) is 0 Å². The normalized spacial score (nSPS) is 36.4. The van der Waals surface area contributed by atoms with Gasteiger partial charge in [0.1, 0.15) is 0 Å². The molecule has 2 aliphatic rings. The predicted molar refractivity (Wildman–Crippen MR) is 71.3 cm³/mol. The van der Waals surface area contributed by atoms with E-state index in [2.05, 4.69) is 31.0 Å². The van der Waals surface area contributed by atoms with Gasteiger partial charge >= 0.3 is 0 Å². The molecular weight excluding hydrogens is 212 g/mol. The molecule has 0 aliphatic carbocycles. The molecule has 0 aromatic rings. The van der Waals surface area contributed by atoms with Crippen LogP contribution in [0.15, 0.2) is 0 Å². The van der Waals surface area contributed by atoms with E-state index in [9.17, 15) is 0 Å². The number of nitrogens with one attached hydrogen (secondary N) is 1. The zero-order valence-electron chi connectivity index (χ0n) is 11.7. The standard InChI is InChI=1S/C14H28N2O/c1-12(2)15-13-6-4-8-16(10-13)14(3)7-5-9-17-11-14/h12-13,15H,4-11H2,1-3H3. The monoisotopic (exact) mass is 240 g/mol. The fourth-order valence-corrected chi connectivity index (χ4v) is 3.24. The number of likely N-dealkylation sites (tertiary alicyclic amines) is 1. The minimum Gasteiger partial charge on any atom is -0.380 e. The Labute approximate surface area is 106 Å². The molecule has 3 heteroatoms. The Bertz CT molecular complexity index is 236. The van der Waals surface area contributed by atoms with E-state index in [1.165, 1.54) is 38.8 Å². The van der Waals surface area contributed by atoms with Gasteiger partial charge in [-0.25, -0.2) is 0 Å². The van der Waals surface area contributed by atoms with Crippen LogP contribution < -0.4 is 5.32 Å². The van der Waals surface area contributed by atoms with Gasteiger partial charge in [0.05, 0.1) is 6.61 Å². The van der Waals surface area contributed by atoms with Gasteiger partial charge in [0, 0.05) is 30.8 Å². The third-order valence-corrected chi connectivity index (χ3v) is 4.17. The van der Waals surface area contributed by atoms with Crippen LogP contribution in [-0.2, 0) is 4.74 Å². The van der Waals surface area contributed by atoms with Gasteiger partial charge in [-0.15, -0.1) is 0 Å². The molecule has 2 unspecified atom stereocenters. The summed E-state index contributed by atoms with van der Waals surface area (Å²) >= 11 is 0. The highest BCUT2D eigenvalue weighted by Gasteiger charge is 2.36. The lowest BCUT2D eigenvalue weighted by Crippen LogP contribution is -2.58. The quantitative estimate of drug-likeness (QED) is 0.817. The lowest BCUT2D eigenvalue weighted by Gasteiger charge is -2.47. The molecular formula is C14H28N2O. The maximum absolute atomic E-state index is 5.69. The first-order chi connectivity index (χ1) is 8.10. The Morgan fingerprint density at radius 2 is 2.18 bits per heavy atom. The maximum atomic E-state index is 5.69. The van der Waals surface area contributed by atoms with Gasteiger partial charge in [0.2, 0.25) is 0 Å². The van der Waals surface area contributed by atoms with Crippen LogP contribution >= 0.6 is 0 Å². The molecule has 17 heavy (non-hydrogen) atoms. The van der Waals surface area contributed by atoms with E-state index >= 15 is 0 Å².